The van der Waals surface area contributed by atoms with E-state index >= 15 is 0 Å². The lowest BCUT2D eigenvalue weighted by Crippen LogP contribution is -1.97. The summed E-state index contributed by atoms with van der Waals surface area (Å²) in [6.07, 6.45) is 0.268. The summed E-state index contributed by atoms with van der Waals surface area (Å²) in [5.74, 6) is -0.552. The van der Waals surface area contributed by atoms with Gasteiger partial charge in [0.15, 0.2) is 5.78 Å². The van der Waals surface area contributed by atoms with Crippen LogP contribution >= 0.6 is 0 Å². The third-order valence-corrected chi connectivity index (χ3v) is 1.84. The lowest BCUT2D eigenvalue weighted by molar-refractivity contribution is 0.0983. The SMILES string of the molecule is CCC(=O)c1c(O)cc(C)cc1O. The van der Waals surface area contributed by atoms with Gasteiger partial charge in [0.1, 0.15) is 17.1 Å². The highest BCUT2D eigenvalue weighted by Crippen LogP contribution is 2.29. The summed E-state index contributed by atoms with van der Waals surface area (Å²) in [4.78, 5) is 11.2. The first-order chi connectivity index (χ1) is 6.06. The molecule has 0 aliphatic rings. The largest absolute Gasteiger partial charge is 0.507 e. The minimum absolute atomic E-state index is 0.0214. The van der Waals surface area contributed by atoms with Crippen LogP contribution in [0, 0.1) is 6.92 Å². The Bertz CT molecular complexity index is 319. The van der Waals surface area contributed by atoms with Crippen molar-refractivity contribution in [2.45, 2.75) is 20.3 Å². The molecule has 0 saturated carbocycles. The number of aromatic hydroxyl groups is 2. The molecule has 2 N–H and O–H groups in total. The van der Waals surface area contributed by atoms with Gasteiger partial charge in [0, 0.05) is 6.42 Å². The Labute approximate surface area is 76.6 Å². The summed E-state index contributed by atoms with van der Waals surface area (Å²) in [6, 6.07) is 2.92. The second-order valence-corrected chi connectivity index (χ2v) is 2.95. The standard InChI is InChI=1S/C10H12O3/c1-3-7(11)10-8(12)4-6(2)5-9(10)13/h4-5,12-13H,3H2,1-2H3. The van der Waals surface area contributed by atoms with Crippen molar-refractivity contribution in [2.24, 2.45) is 0 Å². The fourth-order valence-electron chi connectivity index (χ4n) is 1.21. The molecule has 0 amide bonds. The van der Waals surface area contributed by atoms with E-state index in [0.29, 0.717) is 0 Å². The Morgan fingerprint density at radius 2 is 1.77 bits per heavy atom. The molecule has 0 bridgehead atoms. The molecule has 0 spiro atoms. The van der Waals surface area contributed by atoms with Gasteiger partial charge < -0.3 is 10.2 Å². The highest BCUT2D eigenvalue weighted by Gasteiger charge is 2.14. The smallest absolute Gasteiger partial charge is 0.170 e. The second kappa shape index (κ2) is 3.47. The van der Waals surface area contributed by atoms with Crippen LogP contribution in [0.15, 0.2) is 12.1 Å². The second-order valence-electron chi connectivity index (χ2n) is 2.95. The van der Waals surface area contributed by atoms with Gasteiger partial charge in [0.25, 0.3) is 0 Å². The van der Waals surface area contributed by atoms with Crippen molar-refractivity contribution in [3.8, 4) is 11.5 Å². The monoisotopic (exact) mass is 180 g/mol. The van der Waals surface area contributed by atoms with E-state index < -0.39 is 0 Å². The van der Waals surface area contributed by atoms with Crippen molar-refractivity contribution >= 4 is 5.78 Å². The van der Waals surface area contributed by atoms with Crippen LogP contribution in [0.4, 0.5) is 0 Å². The number of hydrogen-bond donors (Lipinski definition) is 2. The summed E-state index contributed by atoms with van der Waals surface area (Å²) in [5.41, 5.74) is 0.746. The summed E-state index contributed by atoms with van der Waals surface area (Å²) in [7, 11) is 0. The molecule has 3 heteroatoms. The molecular formula is C10H12O3. The third kappa shape index (κ3) is 1.80. The summed E-state index contributed by atoms with van der Waals surface area (Å²) in [6.45, 7) is 3.42. The van der Waals surface area contributed by atoms with Gasteiger partial charge in [0.05, 0.1) is 0 Å². The normalized spacial score (nSPS) is 10.0. The average Bonchev–Trinajstić information content (AvgIpc) is 2.02. The van der Waals surface area contributed by atoms with Gasteiger partial charge in [-0.15, -0.1) is 0 Å². The van der Waals surface area contributed by atoms with Crippen molar-refractivity contribution in [2.75, 3.05) is 0 Å². The molecule has 1 aromatic rings. The number of Topliss-reactive ketones (excluding diaryl/α,β-unsaturated/α-hetero) is 1. The molecular weight excluding hydrogens is 168 g/mol. The summed E-state index contributed by atoms with van der Waals surface area (Å²) < 4.78 is 0. The minimum Gasteiger partial charge on any atom is -0.507 e. The Balaban J connectivity index is 3.28. The number of ketones is 1. The number of carbonyl (C=O) groups is 1. The number of hydrogen-bond acceptors (Lipinski definition) is 3. The number of aryl methyl sites for hydroxylation is 1. The van der Waals surface area contributed by atoms with Gasteiger partial charge in [-0.25, -0.2) is 0 Å². The van der Waals surface area contributed by atoms with Crippen LogP contribution in [0.25, 0.3) is 0 Å². The van der Waals surface area contributed by atoms with Crippen LogP contribution in [0.5, 0.6) is 11.5 Å². The number of phenols is 2. The lowest BCUT2D eigenvalue weighted by Gasteiger charge is -2.05. The molecule has 0 atom stereocenters. The molecule has 0 saturated heterocycles. The maximum absolute atomic E-state index is 11.2. The topological polar surface area (TPSA) is 57.5 Å². The van der Waals surface area contributed by atoms with Gasteiger partial charge in [-0.2, -0.15) is 0 Å². The Kier molecular flexibility index (Phi) is 2.56. The van der Waals surface area contributed by atoms with Gasteiger partial charge in [0.2, 0.25) is 0 Å². The van der Waals surface area contributed by atoms with Crippen LogP contribution in [0.3, 0.4) is 0 Å². The maximum Gasteiger partial charge on any atom is 0.170 e. The quantitative estimate of drug-likeness (QED) is 0.684. The Morgan fingerprint density at radius 3 is 2.15 bits per heavy atom. The molecule has 0 heterocycles. The average molecular weight is 180 g/mol. The number of benzene rings is 1. The zero-order chi connectivity index (χ0) is 10.0. The van der Waals surface area contributed by atoms with Crippen molar-refractivity contribution in [3.63, 3.8) is 0 Å². The van der Waals surface area contributed by atoms with E-state index in [2.05, 4.69) is 0 Å². The number of carbonyl (C=O) groups excluding carboxylic acids is 1. The third-order valence-electron chi connectivity index (χ3n) is 1.84. The first-order valence-corrected chi connectivity index (χ1v) is 4.12. The van der Waals surface area contributed by atoms with E-state index in [-0.39, 0.29) is 29.3 Å². The predicted molar refractivity (Wildman–Crippen MR) is 49.1 cm³/mol. The van der Waals surface area contributed by atoms with Crippen LogP contribution < -0.4 is 0 Å². The van der Waals surface area contributed by atoms with Crippen LogP contribution in [0.2, 0.25) is 0 Å². The van der Waals surface area contributed by atoms with Crippen molar-refractivity contribution in [3.05, 3.63) is 23.3 Å². The van der Waals surface area contributed by atoms with Crippen LogP contribution in [-0.4, -0.2) is 16.0 Å². The highest BCUT2D eigenvalue weighted by molar-refractivity contribution is 6.00. The van der Waals surface area contributed by atoms with E-state index in [9.17, 15) is 15.0 Å². The molecule has 0 radical (unpaired) electrons. The van der Waals surface area contributed by atoms with Crippen LogP contribution in [0.1, 0.15) is 29.3 Å². The maximum atomic E-state index is 11.2. The van der Waals surface area contributed by atoms with Crippen molar-refractivity contribution in [1.82, 2.24) is 0 Å². The molecule has 0 aromatic heterocycles. The van der Waals surface area contributed by atoms with E-state index in [1.807, 2.05) is 0 Å². The first-order valence-electron chi connectivity index (χ1n) is 4.12. The predicted octanol–water partition coefficient (Wildman–Crippen LogP) is 2.00. The summed E-state index contributed by atoms with van der Waals surface area (Å²) >= 11 is 0. The fraction of sp³-hybridized carbons (Fsp3) is 0.300. The Hall–Kier alpha value is -1.51. The molecule has 13 heavy (non-hydrogen) atoms. The van der Waals surface area contributed by atoms with Gasteiger partial charge in [-0.1, -0.05) is 6.92 Å². The molecule has 0 aliphatic carbocycles. The molecule has 0 fully saturated rings. The van der Waals surface area contributed by atoms with Crippen molar-refractivity contribution < 1.29 is 15.0 Å². The highest BCUT2D eigenvalue weighted by atomic mass is 16.3. The van der Waals surface area contributed by atoms with Gasteiger partial charge in [-0.3, -0.25) is 4.79 Å². The van der Waals surface area contributed by atoms with Gasteiger partial charge in [-0.05, 0) is 24.6 Å². The van der Waals surface area contributed by atoms with E-state index in [1.54, 1.807) is 13.8 Å². The number of rotatable bonds is 2. The van der Waals surface area contributed by atoms with E-state index in [0.717, 1.165) is 5.56 Å². The molecule has 1 aromatic carbocycles. The molecule has 0 aliphatic heterocycles. The zero-order valence-corrected chi connectivity index (χ0v) is 7.66. The molecule has 70 valence electrons. The zero-order valence-electron chi connectivity index (χ0n) is 7.66. The van der Waals surface area contributed by atoms with E-state index in [1.165, 1.54) is 12.1 Å². The van der Waals surface area contributed by atoms with Gasteiger partial charge >= 0.3 is 0 Å². The Morgan fingerprint density at radius 1 is 1.31 bits per heavy atom. The lowest BCUT2D eigenvalue weighted by atomic mass is 10.0. The fourth-order valence-corrected chi connectivity index (χ4v) is 1.21. The molecule has 1 rings (SSSR count). The molecule has 3 nitrogen and oxygen atoms in total. The number of phenolic OH excluding ortho intramolecular Hbond substituents is 2. The summed E-state index contributed by atoms with van der Waals surface area (Å²) in [5, 5.41) is 18.8. The van der Waals surface area contributed by atoms with Crippen LogP contribution in [-0.2, 0) is 0 Å². The van der Waals surface area contributed by atoms with E-state index in [4.69, 9.17) is 0 Å². The minimum atomic E-state index is -0.255. The first kappa shape index (κ1) is 9.58. The van der Waals surface area contributed by atoms with Crippen molar-refractivity contribution in [1.29, 1.82) is 0 Å². The molecule has 0 unspecified atom stereocenters.